The van der Waals surface area contributed by atoms with Crippen LogP contribution in [0.4, 0.5) is 0 Å². The molecule has 3 heteroatoms. The highest BCUT2D eigenvalue weighted by Gasteiger charge is 2.32. The molecule has 0 fully saturated rings. The lowest BCUT2D eigenvalue weighted by molar-refractivity contribution is 0.402. The van der Waals surface area contributed by atoms with Gasteiger partial charge in [-0.1, -0.05) is 43.6 Å². The number of unbranched alkanes of at least 4 members (excludes halogenated alkanes) is 2. The monoisotopic (exact) mass is 406 g/mol. The minimum absolute atomic E-state index is 0.0223. The van der Waals surface area contributed by atoms with E-state index >= 15 is 0 Å². The van der Waals surface area contributed by atoms with Crippen molar-refractivity contribution < 1.29 is 10.2 Å². The Morgan fingerprint density at radius 1 is 1.24 bits per heavy atom. The Kier molecular flexibility index (Phi) is 6.79. The zero-order chi connectivity index (χ0) is 18.7. The van der Waals surface area contributed by atoms with Gasteiger partial charge in [0.15, 0.2) is 0 Å². The van der Waals surface area contributed by atoms with E-state index in [1.807, 2.05) is 13.8 Å². The Balaban J connectivity index is 2.54. The van der Waals surface area contributed by atoms with Gasteiger partial charge in [-0.2, -0.15) is 0 Å². The molecular formula is C22H31BrO2. The molecule has 1 aliphatic rings. The molecule has 2 atom stereocenters. The molecule has 0 saturated heterocycles. The number of phenols is 2. The summed E-state index contributed by atoms with van der Waals surface area (Å²) in [5, 5.41) is 21.9. The van der Waals surface area contributed by atoms with Gasteiger partial charge in [0, 0.05) is 11.5 Å². The first-order valence-corrected chi connectivity index (χ1v) is 10.1. The number of allylic oxidation sites excluding steroid dienone is 3. The fourth-order valence-electron chi connectivity index (χ4n) is 3.95. The van der Waals surface area contributed by atoms with E-state index < -0.39 is 0 Å². The fourth-order valence-corrected chi connectivity index (χ4v) is 4.66. The predicted molar refractivity (Wildman–Crippen MR) is 109 cm³/mol. The molecule has 25 heavy (non-hydrogen) atoms. The Morgan fingerprint density at radius 2 is 1.92 bits per heavy atom. The fraction of sp³-hybridized carbons (Fsp3) is 0.545. The Labute approximate surface area is 160 Å². The molecule has 0 bridgehead atoms. The largest absolute Gasteiger partial charge is 0.507 e. The molecule has 2 nitrogen and oxygen atoms in total. The van der Waals surface area contributed by atoms with E-state index in [1.165, 1.54) is 5.57 Å². The first-order valence-electron chi connectivity index (χ1n) is 9.34. The molecule has 1 aromatic carbocycles. The molecule has 0 spiro atoms. The number of halogens is 1. The lowest BCUT2D eigenvalue weighted by Gasteiger charge is -2.32. The van der Waals surface area contributed by atoms with Gasteiger partial charge in [-0.05, 0) is 79.4 Å². The van der Waals surface area contributed by atoms with Gasteiger partial charge in [0.25, 0.3) is 0 Å². The van der Waals surface area contributed by atoms with Crippen LogP contribution in [0, 0.1) is 12.8 Å². The maximum atomic E-state index is 10.9. The van der Waals surface area contributed by atoms with Crippen LogP contribution in [0.15, 0.2) is 28.3 Å². The Morgan fingerprint density at radius 3 is 2.52 bits per heavy atom. The van der Waals surface area contributed by atoms with Crippen molar-refractivity contribution in [1.29, 1.82) is 0 Å². The number of phenolic OH excluding ortho intramolecular Hbond substituents is 2. The maximum absolute atomic E-state index is 10.9. The quantitative estimate of drug-likeness (QED) is 0.397. The molecule has 0 amide bonds. The van der Waals surface area contributed by atoms with Crippen molar-refractivity contribution in [1.82, 2.24) is 0 Å². The summed E-state index contributed by atoms with van der Waals surface area (Å²) >= 11 is 3.60. The number of hydrogen-bond donors (Lipinski definition) is 2. The SMILES string of the molecule is C=C(C)[C@H]1CCC(C)=C[C@@H]1c1c(O)c(C)c(CCCCC)c(Br)c1O. The van der Waals surface area contributed by atoms with Gasteiger partial charge in [0.1, 0.15) is 11.5 Å². The molecule has 2 N–H and O–H groups in total. The van der Waals surface area contributed by atoms with E-state index in [1.54, 1.807) is 0 Å². The lowest BCUT2D eigenvalue weighted by Crippen LogP contribution is -2.17. The van der Waals surface area contributed by atoms with Gasteiger partial charge in [-0.15, -0.1) is 0 Å². The maximum Gasteiger partial charge on any atom is 0.137 e. The minimum atomic E-state index is -0.0223. The highest BCUT2D eigenvalue weighted by molar-refractivity contribution is 9.10. The van der Waals surface area contributed by atoms with E-state index in [4.69, 9.17) is 0 Å². The summed E-state index contributed by atoms with van der Waals surface area (Å²) in [4.78, 5) is 0. The third kappa shape index (κ3) is 4.13. The standard InChI is InChI=1S/C22H31BrO2/c1-6-7-8-9-17-15(5)21(24)19(22(25)20(17)23)18-12-14(4)10-11-16(18)13(2)3/h12,16,18,24-25H,2,6-11H2,1,3-5H3/t16-,18+/m1/s1. The van der Waals surface area contributed by atoms with E-state index in [9.17, 15) is 10.2 Å². The minimum Gasteiger partial charge on any atom is -0.507 e. The number of benzene rings is 1. The molecule has 1 aromatic rings. The molecule has 0 aromatic heterocycles. The van der Waals surface area contributed by atoms with Crippen LogP contribution in [-0.2, 0) is 6.42 Å². The highest BCUT2D eigenvalue weighted by Crippen LogP contribution is 2.50. The van der Waals surface area contributed by atoms with Crippen molar-refractivity contribution in [3.8, 4) is 11.5 Å². The predicted octanol–water partition coefficient (Wildman–Crippen LogP) is 6.92. The molecule has 0 saturated carbocycles. The molecule has 1 aliphatic carbocycles. The zero-order valence-electron chi connectivity index (χ0n) is 16.0. The second-order valence-electron chi connectivity index (χ2n) is 7.52. The lowest BCUT2D eigenvalue weighted by atomic mass is 9.73. The third-order valence-electron chi connectivity index (χ3n) is 5.53. The van der Waals surface area contributed by atoms with E-state index in [0.717, 1.165) is 59.7 Å². The Bertz CT molecular complexity index is 659. The second-order valence-corrected chi connectivity index (χ2v) is 8.31. The molecule has 0 heterocycles. The average molecular weight is 407 g/mol. The van der Waals surface area contributed by atoms with Crippen molar-refractivity contribution in [3.63, 3.8) is 0 Å². The van der Waals surface area contributed by atoms with Crippen molar-refractivity contribution in [2.24, 2.45) is 5.92 Å². The molecular weight excluding hydrogens is 376 g/mol. The number of rotatable bonds is 6. The Hall–Kier alpha value is -1.22. The van der Waals surface area contributed by atoms with Gasteiger partial charge in [0.05, 0.1) is 4.47 Å². The van der Waals surface area contributed by atoms with Crippen molar-refractivity contribution in [3.05, 3.63) is 45.0 Å². The van der Waals surface area contributed by atoms with Crippen molar-refractivity contribution in [2.45, 2.75) is 72.1 Å². The van der Waals surface area contributed by atoms with Gasteiger partial charge in [0.2, 0.25) is 0 Å². The smallest absolute Gasteiger partial charge is 0.137 e. The highest BCUT2D eigenvalue weighted by atomic mass is 79.9. The summed E-state index contributed by atoms with van der Waals surface area (Å²) in [6.45, 7) is 12.4. The average Bonchev–Trinajstić information content (AvgIpc) is 2.56. The summed E-state index contributed by atoms with van der Waals surface area (Å²) in [5.74, 6) is 0.662. The van der Waals surface area contributed by atoms with Crippen LogP contribution >= 0.6 is 15.9 Å². The van der Waals surface area contributed by atoms with E-state index in [0.29, 0.717) is 5.56 Å². The van der Waals surface area contributed by atoms with Gasteiger partial charge >= 0.3 is 0 Å². The number of aromatic hydroxyl groups is 2. The first kappa shape index (κ1) is 20.1. The van der Waals surface area contributed by atoms with Gasteiger partial charge in [-0.25, -0.2) is 0 Å². The third-order valence-corrected chi connectivity index (χ3v) is 6.39. The summed E-state index contributed by atoms with van der Waals surface area (Å²) in [6.07, 6.45) is 8.48. The summed E-state index contributed by atoms with van der Waals surface area (Å²) < 4.78 is 0.742. The van der Waals surface area contributed by atoms with Crippen molar-refractivity contribution >= 4 is 15.9 Å². The van der Waals surface area contributed by atoms with Gasteiger partial charge in [-0.3, -0.25) is 0 Å². The first-order chi connectivity index (χ1) is 11.8. The van der Waals surface area contributed by atoms with Crippen LogP contribution in [0.25, 0.3) is 0 Å². The summed E-state index contributed by atoms with van der Waals surface area (Å²) in [7, 11) is 0. The van der Waals surface area contributed by atoms with Crippen LogP contribution in [0.1, 0.15) is 75.5 Å². The van der Waals surface area contributed by atoms with Crippen LogP contribution in [0.5, 0.6) is 11.5 Å². The topological polar surface area (TPSA) is 40.5 Å². The van der Waals surface area contributed by atoms with Crippen LogP contribution in [0.3, 0.4) is 0 Å². The molecule has 0 unspecified atom stereocenters. The molecule has 0 radical (unpaired) electrons. The zero-order valence-corrected chi connectivity index (χ0v) is 17.5. The van der Waals surface area contributed by atoms with Crippen LogP contribution in [0.2, 0.25) is 0 Å². The van der Waals surface area contributed by atoms with E-state index in [-0.39, 0.29) is 23.3 Å². The normalized spacial score (nSPS) is 20.4. The molecule has 138 valence electrons. The summed E-state index contributed by atoms with van der Waals surface area (Å²) in [5.41, 5.74) is 4.97. The van der Waals surface area contributed by atoms with Crippen molar-refractivity contribution in [2.75, 3.05) is 0 Å². The van der Waals surface area contributed by atoms with E-state index in [2.05, 4.69) is 42.4 Å². The summed E-state index contributed by atoms with van der Waals surface area (Å²) in [6, 6.07) is 0. The van der Waals surface area contributed by atoms with Gasteiger partial charge < -0.3 is 10.2 Å². The molecule has 0 aliphatic heterocycles. The van der Waals surface area contributed by atoms with Crippen LogP contribution in [-0.4, -0.2) is 10.2 Å². The second kappa shape index (κ2) is 8.44. The van der Waals surface area contributed by atoms with Crippen LogP contribution < -0.4 is 0 Å². The molecule has 2 rings (SSSR count). The number of hydrogen-bond acceptors (Lipinski definition) is 2.